The van der Waals surface area contributed by atoms with Crippen molar-refractivity contribution in [1.82, 2.24) is 4.31 Å². The van der Waals surface area contributed by atoms with E-state index in [1.165, 1.54) is 29.6 Å². The summed E-state index contributed by atoms with van der Waals surface area (Å²) in [6.45, 7) is 3.84. The molecule has 0 aliphatic rings. The Balaban J connectivity index is 3.16. The zero-order chi connectivity index (χ0) is 13.1. The summed E-state index contributed by atoms with van der Waals surface area (Å²) in [5.41, 5.74) is 0. The van der Waals surface area contributed by atoms with E-state index >= 15 is 0 Å². The summed E-state index contributed by atoms with van der Waals surface area (Å²) in [5.74, 6) is -0.703. The lowest BCUT2D eigenvalue weighted by Crippen LogP contribution is -2.36. The van der Waals surface area contributed by atoms with Crippen LogP contribution in [0, 0.1) is 5.82 Å². The molecule has 0 N–H and O–H groups in total. The number of sulfonamides is 1. The third-order valence-electron chi connectivity index (χ3n) is 2.95. The number of benzene rings is 1. The Kier molecular flexibility index (Phi) is 4.65. The Hall–Kier alpha value is -0.940. The molecule has 0 saturated heterocycles. The molecule has 0 amide bonds. The van der Waals surface area contributed by atoms with E-state index in [-0.39, 0.29) is 10.9 Å². The minimum atomic E-state index is -3.73. The Labute approximate surface area is 102 Å². The van der Waals surface area contributed by atoms with Crippen molar-refractivity contribution in [3.8, 4) is 0 Å². The van der Waals surface area contributed by atoms with Crippen molar-refractivity contribution < 1.29 is 12.8 Å². The monoisotopic (exact) mass is 259 g/mol. The number of hydrogen-bond donors (Lipinski definition) is 0. The van der Waals surface area contributed by atoms with Crippen molar-refractivity contribution in [2.45, 2.75) is 37.6 Å². The predicted molar refractivity (Wildman–Crippen MR) is 65.7 cm³/mol. The third kappa shape index (κ3) is 2.84. The first-order chi connectivity index (χ1) is 7.95. The molecular weight excluding hydrogens is 241 g/mol. The van der Waals surface area contributed by atoms with Crippen LogP contribution in [0.1, 0.15) is 26.7 Å². The SMILES string of the molecule is CCC(CC)N(C)S(=O)(=O)c1ccccc1F. The largest absolute Gasteiger partial charge is 0.245 e. The Morgan fingerprint density at radius 1 is 1.24 bits per heavy atom. The standard InChI is InChI=1S/C12H18FNO2S/c1-4-10(5-2)14(3)17(15,16)12-9-7-6-8-11(12)13/h6-10H,4-5H2,1-3H3. The van der Waals surface area contributed by atoms with Crippen LogP contribution in [0.4, 0.5) is 4.39 Å². The fraction of sp³-hybridized carbons (Fsp3) is 0.500. The normalized spacial score (nSPS) is 12.4. The van der Waals surface area contributed by atoms with Gasteiger partial charge in [0.25, 0.3) is 0 Å². The number of halogens is 1. The van der Waals surface area contributed by atoms with Crippen molar-refractivity contribution in [3.63, 3.8) is 0 Å². The average Bonchev–Trinajstić information content (AvgIpc) is 2.30. The second-order valence-electron chi connectivity index (χ2n) is 3.92. The van der Waals surface area contributed by atoms with Gasteiger partial charge in [-0.2, -0.15) is 4.31 Å². The van der Waals surface area contributed by atoms with Crippen molar-refractivity contribution in [2.75, 3.05) is 7.05 Å². The molecule has 17 heavy (non-hydrogen) atoms. The van der Waals surface area contributed by atoms with Gasteiger partial charge in [-0.1, -0.05) is 26.0 Å². The maximum atomic E-state index is 13.5. The van der Waals surface area contributed by atoms with Crippen LogP contribution in [0.5, 0.6) is 0 Å². The highest BCUT2D eigenvalue weighted by Crippen LogP contribution is 2.21. The zero-order valence-corrected chi connectivity index (χ0v) is 11.2. The summed E-state index contributed by atoms with van der Waals surface area (Å²) >= 11 is 0. The van der Waals surface area contributed by atoms with Crippen molar-refractivity contribution >= 4 is 10.0 Å². The molecule has 0 fully saturated rings. The summed E-state index contributed by atoms with van der Waals surface area (Å²) in [5, 5.41) is 0. The van der Waals surface area contributed by atoms with Crippen LogP contribution in [-0.4, -0.2) is 25.8 Å². The zero-order valence-electron chi connectivity index (χ0n) is 10.4. The van der Waals surface area contributed by atoms with Crippen LogP contribution in [0.25, 0.3) is 0 Å². The summed E-state index contributed by atoms with van der Waals surface area (Å²) in [4.78, 5) is -0.255. The van der Waals surface area contributed by atoms with Gasteiger partial charge in [0.1, 0.15) is 10.7 Å². The minimum absolute atomic E-state index is 0.0976. The maximum Gasteiger partial charge on any atom is 0.245 e. The highest BCUT2D eigenvalue weighted by atomic mass is 32.2. The van der Waals surface area contributed by atoms with E-state index < -0.39 is 15.8 Å². The Morgan fingerprint density at radius 2 is 1.76 bits per heavy atom. The molecule has 0 aliphatic heterocycles. The highest BCUT2D eigenvalue weighted by Gasteiger charge is 2.28. The molecule has 0 spiro atoms. The van der Waals surface area contributed by atoms with Gasteiger partial charge in [0.05, 0.1) is 0 Å². The Bertz CT molecular complexity index is 469. The van der Waals surface area contributed by atoms with Crippen LogP contribution in [-0.2, 0) is 10.0 Å². The molecule has 0 radical (unpaired) electrons. The van der Waals surface area contributed by atoms with E-state index in [4.69, 9.17) is 0 Å². The maximum absolute atomic E-state index is 13.5. The quantitative estimate of drug-likeness (QED) is 0.815. The molecule has 1 rings (SSSR count). The van der Waals surface area contributed by atoms with E-state index in [2.05, 4.69) is 0 Å². The predicted octanol–water partition coefficient (Wildman–Crippen LogP) is 2.63. The van der Waals surface area contributed by atoms with Crippen LogP contribution in [0.15, 0.2) is 29.2 Å². The van der Waals surface area contributed by atoms with Gasteiger partial charge in [-0.15, -0.1) is 0 Å². The fourth-order valence-electron chi connectivity index (χ4n) is 1.81. The average molecular weight is 259 g/mol. The molecule has 0 unspecified atom stereocenters. The molecule has 0 bridgehead atoms. The molecule has 1 aromatic rings. The second kappa shape index (κ2) is 5.60. The van der Waals surface area contributed by atoms with E-state index in [1.54, 1.807) is 0 Å². The molecule has 0 heterocycles. The molecule has 3 nitrogen and oxygen atoms in total. The summed E-state index contributed by atoms with van der Waals surface area (Å²) in [6.07, 6.45) is 1.42. The first kappa shape index (κ1) is 14.1. The Morgan fingerprint density at radius 3 is 2.24 bits per heavy atom. The summed E-state index contributed by atoms with van der Waals surface area (Å²) in [7, 11) is -2.24. The van der Waals surface area contributed by atoms with Crippen molar-refractivity contribution in [2.24, 2.45) is 0 Å². The van der Waals surface area contributed by atoms with Gasteiger partial charge in [0.15, 0.2) is 0 Å². The van der Waals surface area contributed by atoms with E-state index in [1.807, 2.05) is 13.8 Å². The first-order valence-corrected chi connectivity index (χ1v) is 7.11. The molecule has 0 aromatic heterocycles. The van der Waals surface area contributed by atoms with Gasteiger partial charge < -0.3 is 0 Å². The number of nitrogens with zero attached hydrogens (tertiary/aromatic N) is 1. The van der Waals surface area contributed by atoms with Crippen LogP contribution >= 0.6 is 0 Å². The molecule has 96 valence electrons. The third-order valence-corrected chi connectivity index (χ3v) is 4.89. The van der Waals surface area contributed by atoms with E-state index in [0.717, 1.165) is 6.07 Å². The number of hydrogen-bond acceptors (Lipinski definition) is 2. The first-order valence-electron chi connectivity index (χ1n) is 5.67. The fourth-order valence-corrected chi connectivity index (χ4v) is 3.37. The highest BCUT2D eigenvalue weighted by molar-refractivity contribution is 7.89. The molecule has 0 aliphatic carbocycles. The van der Waals surface area contributed by atoms with Gasteiger partial charge in [0.2, 0.25) is 10.0 Å². The van der Waals surface area contributed by atoms with Gasteiger partial charge in [-0.3, -0.25) is 0 Å². The molecule has 1 aromatic carbocycles. The smallest absolute Gasteiger partial charge is 0.207 e. The molecule has 5 heteroatoms. The van der Waals surface area contributed by atoms with Crippen LogP contribution in [0.2, 0.25) is 0 Å². The van der Waals surface area contributed by atoms with Gasteiger partial charge in [0, 0.05) is 13.1 Å². The van der Waals surface area contributed by atoms with Gasteiger partial charge >= 0.3 is 0 Å². The van der Waals surface area contributed by atoms with Crippen LogP contribution in [0.3, 0.4) is 0 Å². The van der Waals surface area contributed by atoms with Gasteiger partial charge in [-0.05, 0) is 25.0 Å². The lowest BCUT2D eigenvalue weighted by molar-refractivity contribution is 0.348. The lowest BCUT2D eigenvalue weighted by atomic mass is 10.2. The lowest BCUT2D eigenvalue weighted by Gasteiger charge is -2.25. The van der Waals surface area contributed by atoms with Crippen LogP contribution < -0.4 is 0 Å². The topological polar surface area (TPSA) is 37.4 Å². The van der Waals surface area contributed by atoms with Crippen molar-refractivity contribution in [3.05, 3.63) is 30.1 Å². The van der Waals surface area contributed by atoms with Crippen molar-refractivity contribution in [1.29, 1.82) is 0 Å². The number of rotatable bonds is 5. The van der Waals surface area contributed by atoms with Gasteiger partial charge in [-0.25, -0.2) is 12.8 Å². The molecular formula is C12H18FNO2S. The second-order valence-corrected chi connectivity index (χ2v) is 5.89. The van der Waals surface area contributed by atoms with E-state index in [9.17, 15) is 12.8 Å². The summed E-state index contributed by atoms with van der Waals surface area (Å²) in [6, 6.07) is 5.36. The summed E-state index contributed by atoms with van der Waals surface area (Å²) < 4.78 is 39.2. The molecule has 0 saturated carbocycles. The van der Waals surface area contributed by atoms with E-state index in [0.29, 0.717) is 12.8 Å². The molecule has 0 atom stereocenters. The minimum Gasteiger partial charge on any atom is -0.207 e.